The number of likely N-dealkylation sites (tertiary alicyclic amines) is 1. The molecule has 0 bridgehead atoms. The van der Waals surface area contributed by atoms with E-state index in [2.05, 4.69) is 55.9 Å². The summed E-state index contributed by atoms with van der Waals surface area (Å²) in [4.78, 5) is 4.65. The van der Waals surface area contributed by atoms with Gasteiger partial charge in [-0.2, -0.15) is 0 Å². The Bertz CT molecular complexity index is 431. The highest BCUT2D eigenvalue weighted by molar-refractivity contribution is 5.32. The summed E-state index contributed by atoms with van der Waals surface area (Å²) in [6, 6.07) is 6.92. The number of nitrogens with zero attached hydrogens (tertiary/aromatic N) is 2. The van der Waals surface area contributed by atoms with E-state index in [-0.39, 0.29) is 6.10 Å². The summed E-state index contributed by atoms with van der Waals surface area (Å²) < 4.78 is 0. The minimum atomic E-state index is -0.374. The molecule has 1 aromatic rings. The predicted octanol–water partition coefficient (Wildman–Crippen LogP) is 1.97. The first kappa shape index (κ1) is 14.5. The highest BCUT2D eigenvalue weighted by Crippen LogP contribution is 2.22. The third-order valence-electron chi connectivity index (χ3n) is 4.19. The molecule has 1 aromatic carbocycles. The summed E-state index contributed by atoms with van der Waals surface area (Å²) in [6.45, 7) is 7.07. The lowest BCUT2D eigenvalue weighted by atomic mass is 10.0. The van der Waals surface area contributed by atoms with E-state index in [1.54, 1.807) is 0 Å². The maximum atomic E-state index is 10.4. The molecule has 3 heteroatoms. The summed E-state index contributed by atoms with van der Waals surface area (Å²) >= 11 is 0. The molecular weight excluding hydrogens is 236 g/mol. The normalized spacial score (nSPS) is 22.1. The zero-order chi connectivity index (χ0) is 14.0. The van der Waals surface area contributed by atoms with Crippen LogP contribution < -0.4 is 0 Å². The molecule has 2 unspecified atom stereocenters. The van der Waals surface area contributed by atoms with Crippen molar-refractivity contribution in [3.8, 4) is 0 Å². The molecule has 19 heavy (non-hydrogen) atoms. The number of aliphatic hydroxyl groups is 1. The fourth-order valence-electron chi connectivity index (χ4n) is 2.94. The average Bonchev–Trinajstić information content (AvgIpc) is 2.77. The van der Waals surface area contributed by atoms with Crippen molar-refractivity contribution in [2.75, 3.05) is 33.7 Å². The molecule has 0 amide bonds. The second-order valence-electron chi connectivity index (χ2n) is 6.04. The number of β-amino-alcohol motifs (C(OH)–C–C–N with tert-alkyl or cyclic N) is 1. The molecule has 1 saturated heterocycles. The molecule has 0 aromatic heterocycles. The van der Waals surface area contributed by atoms with E-state index in [4.69, 9.17) is 0 Å². The van der Waals surface area contributed by atoms with Crippen LogP contribution in [0, 0.1) is 13.8 Å². The maximum absolute atomic E-state index is 10.4. The number of hydrogen-bond donors (Lipinski definition) is 1. The molecule has 1 aliphatic rings. The number of likely N-dealkylation sites (N-methyl/N-ethyl adjacent to an activating group) is 1. The van der Waals surface area contributed by atoms with Crippen molar-refractivity contribution in [1.82, 2.24) is 9.80 Å². The average molecular weight is 262 g/mol. The molecule has 1 heterocycles. The van der Waals surface area contributed by atoms with Gasteiger partial charge in [0, 0.05) is 19.1 Å². The van der Waals surface area contributed by atoms with E-state index >= 15 is 0 Å². The van der Waals surface area contributed by atoms with Gasteiger partial charge in [0.2, 0.25) is 0 Å². The molecule has 1 fully saturated rings. The third kappa shape index (κ3) is 3.56. The van der Waals surface area contributed by atoms with Crippen molar-refractivity contribution < 1.29 is 5.11 Å². The monoisotopic (exact) mass is 262 g/mol. The van der Waals surface area contributed by atoms with Crippen molar-refractivity contribution in [2.24, 2.45) is 0 Å². The standard InChI is InChI=1S/C16H26N2O/c1-12-5-6-15(13(2)9-12)16(19)11-18-8-7-14(10-18)17(3)4/h5-6,9,14,16,19H,7-8,10-11H2,1-4H3. The summed E-state index contributed by atoms with van der Waals surface area (Å²) in [5, 5.41) is 10.4. The Morgan fingerprint density at radius 2 is 2.11 bits per heavy atom. The van der Waals surface area contributed by atoms with Gasteiger partial charge in [0.15, 0.2) is 0 Å². The molecule has 3 nitrogen and oxygen atoms in total. The van der Waals surface area contributed by atoms with Gasteiger partial charge >= 0.3 is 0 Å². The van der Waals surface area contributed by atoms with Gasteiger partial charge in [-0.25, -0.2) is 0 Å². The summed E-state index contributed by atoms with van der Waals surface area (Å²) in [5.41, 5.74) is 3.51. The second kappa shape index (κ2) is 6.04. The van der Waals surface area contributed by atoms with Gasteiger partial charge in [-0.05, 0) is 52.0 Å². The molecule has 106 valence electrons. The van der Waals surface area contributed by atoms with E-state index in [1.165, 1.54) is 17.5 Å². The largest absolute Gasteiger partial charge is 0.387 e. The molecule has 0 spiro atoms. The first-order chi connectivity index (χ1) is 8.97. The van der Waals surface area contributed by atoms with Crippen LogP contribution in [0.2, 0.25) is 0 Å². The Hall–Kier alpha value is -0.900. The smallest absolute Gasteiger partial charge is 0.0919 e. The molecule has 0 radical (unpaired) electrons. The van der Waals surface area contributed by atoms with Crippen molar-refractivity contribution in [3.05, 3.63) is 34.9 Å². The van der Waals surface area contributed by atoms with Crippen LogP contribution in [0.1, 0.15) is 29.2 Å². The van der Waals surface area contributed by atoms with Crippen molar-refractivity contribution in [1.29, 1.82) is 0 Å². The zero-order valence-corrected chi connectivity index (χ0v) is 12.6. The molecule has 2 atom stereocenters. The second-order valence-corrected chi connectivity index (χ2v) is 6.04. The van der Waals surface area contributed by atoms with Gasteiger partial charge in [-0.3, -0.25) is 4.90 Å². The lowest BCUT2D eigenvalue weighted by molar-refractivity contribution is 0.121. The molecule has 1 aliphatic heterocycles. The maximum Gasteiger partial charge on any atom is 0.0919 e. The van der Waals surface area contributed by atoms with Crippen LogP contribution in [-0.4, -0.2) is 54.7 Å². The van der Waals surface area contributed by atoms with Gasteiger partial charge < -0.3 is 10.0 Å². The Kier molecular flexibility index (Phi) is 4.61. The van der Waals surface area contributed by atoms with Crippen molar-refractivity contribution in [3.63, 3.8) is 0 Å². The molecule has 2 rings (SSSR count). The molecule has 1 N–H and O–H groups in total. The number of rotatable bonds is 4. The number of aryl methyl sites for hydroxylation is 2. The minimum Gasteiger partial charge on any atom is -0.387 e. The van der Waals surface area contributed by atoms with E-state index in [1.807, 2.05) is 0 Å². The quantitative estimate of drug-likeness (QED) is 0.899. The number of aliphatic hydroxyl groups excluding tert-OH is 1. The highest BCUT2D eigenvalue weighted by atomic mass is 16.3. The summed E-state index contributed by atoms with van der Waals surface area (Å²) in [7, 11) is 4.27. The van der Waals surface area contributed by atoms with E-state index in [0.29, 0.717) is 6.04 Å². The zero-order valence-electron chi connectivity index (χ0n) is 12.6. The topological polar surface area (TPSA) is 26.7 Å². The van der Waals surface area contributed by atoms with E-state index in [9.17, 15) is 5.11 Å². The van der Waals surface area contributed by atoms with Gasteiger partial charge in [-0.1, -0.05) is 23.8 Å². The van der Waals surface area contributed by atoms with Crippen LogP contribution in [0.25, 0.3) is 0 Å². The Morgan fingerprint density at radius 3 is 2.68 bits per heavy atom. The molecule has 0 aliphatic carbocycles. The third-order valence-corrected chi connectivity index (χ3v) is 4.19. The first-order valence-electron chi connectivity index (χ1n) is 7.11. The Balaban J connectivity index is 1.96. The van der Waals surface area contributed by atoms with Crippen molar-refractivity contribution in [2.45, 2.75) is 32.4 Å². The highest BCUT2D eigenvalue weighted by Gasteiger charge is 2.25. The van der Waals surface area contributed by atoms with Crippen molar-refractivity contribution >= 4 is 0 Å². The fourth-order valence-corrected chi connectivity index (χ4v) is 2.94. The van der Waals surface area contributed by atoms with Crippen LogP contribution >= 0.6 is 0 Å². The lowest BCUT2D eigenvalue weighted by Gasteiger charge is -2.23. The Morgan fingerprint density at radius 1 is 1.37 bits per heavy atom. The van der Waals surface area contributed by atoms with Crippen LogP contribution in [-0.2, 0) is 0 Å². The van der Waals surface area contributed by atoms with Crippen LogP contribution in [0.5, 0.6) is 0 Å². The van der Waals surface area contributed by atoms with Gasteiger partial charge in [-0.15, -0.1) is 0 Å². The summed E-state index contributed by atoms with van der Waals surface area (Å²) in [5.74, 6) is 0. The van der Waals surface area contributed by atoms with Crippen LogP contribution in [0.4, 0.5) is 0 Å². The first-order valence-corrected chi connectivity index (χ1v) is 7.11. The van der Waals surface area contributed by atoms with Gasteiger partial charge in [0.05, 0.1) is 6.10 Å². The fraction of sp³-hybridized carbons (Fsp3) is 0.625. The predicted molar refractivity (Wildman–Crippen MR) is 79.4 cm³/mol. The van der Waals surface area contributed by atoms with Crippen LogP contribution in [0.15, 0.2) is 18.2 Å². The van der Waals surface area contributed by atoms with Gasteiger partial charge in [0.1, 0.15) is 0 Å². The summed E-state index contributed by atoms with van der Waals surface area (Å²) in [6.07, 6.45) is 0.827. The van der Waals surface area contributed by atoms with E-state index in [0.717, 1.165) is 25.2 Å². The number of benzene rings is 1. The van der Waals surface area contributed by atoms with Gasteiger partial charge in [0.25, 0.3) is 0 Å². The lowest BCUT2D eigenvalue weighted by Crippen LogP contribution is -2.33. The SMILES string of the molecule is Cc1ccc(C(O)CN2CCC(N(C)C)C2)c(C)c1. The number of hydrogen-bond acceptors (Lipinski definition) is 3. The van der Waals surface area contributed by atoms with E-state index < -0.39 is 0 Å². The minimum absolute atomic E-state index is 0.374. The van der Waals surface area contributed by atoms with Crippen LogP contribution in [0.3, 0.4) is 0 Å². The molecule has 0 saturated carbocycles. The molecular formula is C16H26N2O. The Labute approximate surface area is 116 Å².